The molecule has 1 saturated carbocycles. The van der Waals surface area contributed by atoms with Crippen LogP contribution in [0, 0.1) is 5.92 Å². The summed E-state index contributed by atoms with van der Waals surface area (Å²) in [6, 6.07) is 3.17. The summed E-state index contributed by atoms with van der Waals surface area (Å²) < 4.78 is 1.59. The number of aromatic carboxylic acids is 1. The van der Waals surface area contributed by atoms with Gasteiger partial charge in [0.2, 0.25) is 0 Å². The molecule has 100 valence electrons. The van der Waals surface area contributed by atoms with Crippen molar-refractivity contribution in [2.24, 2.45) is 5.92 Å². The number of halogens is 1. The lowest BCUT2D eigenvalue weighted by atomic mass is 9.87. The first-order valence-electron chi connectivity index (χ1n) is 6.04. The Balaban J connectivity index is 0.00000162. The Hall–Kier alpha value is -1.29. The number of pyridine rings is 1. The SMILES string of the molecule is CC1CCC(n2cccc(C(=O)O)c2=O)CC1.Cl. The minimum absolute atomic E-state index is 0. The highest BCUT2D eigenvalue weighted by molar-refractivity contribution is 5.87. The van der Waals surface area contributed by atoms with Crippen molar-refractivity contribution in [3.8, 4) is 0 Å². The van der Waals surface area contributed by atoms with Crippen LogP contribution in [0.5, 0.6) is 0 Å². The van der Waals surface area contributed by atoms with Crippen molar-refractivity contribution in [2.75, 3.05) is 0 Å². The molecule has 0 aliphatic heterocycles. The summed E-state index contributed by atoms with van der Waals surface area (Å²) in [5.41, 5.74) is -0.509. The molecular formula is C13H18ClNO3. The summed E-state index contributed by atoms with van der Waals surface area (Å²) in [5.74, 6) is -0.432. The highest BCUT2D eigenvalue weighted by atomic mass is 35.5. The van der Waals surface area contributed by atoms with E-state index in [4.69, 9.17) is 5.11 Å². The zero-order chi connectivity index (χ0) is 12.4. The molecule has 0 unspecified atom stereocenters. The lowest BCUT2D eigenvalue weighted by Crippen LogP contribution is -2.30. The highest BCUT2D eigenvalue weighted by Gasteiger charge is 2.21. The number of hydrogen-bond donors (Lipinski definition) is 1. The number of hydrogen-bond acceptors (Lipinski definition) is 2. The molecule has 1 aromatic heterocycles. The van der Waals surface area contributed by atoms with E-state index in [1.165, 1.54) is 6.07 Å². The fraction of sp³-hybridized carbons (Fsp3) is 0.538. The number of nitrogens with zero attached hydrogens (tertiary/aromatic N) is 1. The minimum Gasteiger partial charge on any atom is -0.477 e. The first-order chi connectivity index (χ1) is 8.09. The number of carbonyl (C=O) groups is 1. The topological polar surface area (TPSA) is 59.3 Å². The van der Waals surface area contributed by atoms with Crippen molar-refractivity contribution in [1.29, 1.82) is 0 Å². The summed E-state index contributed by atoms with van der Waals surface area (Å²) in [7, 11) is 0. The van der Waals surface area contributed by atoms with Gasteiger partial charge in [0.25, 0.3) is 5.56 Å². The molecule has 4 nitrogen and oxygen atoms in total. The van der Waals surface area contributed by atoms with Crippen molar-refractivity contribution in [2.45, 2.75) is 38.6 Å². The van der Waals surface area contributed by atoms with Gasteiger partial charge in [0, 0.05) is 12.2 Å². The van der Waals surface area contributed by atoms with Crippen LogP contribution in [0.15, 0.2) is 23.1 Å². The van der Waals surface area contributed by atoms with Gasteiger partial charge in [0.1, 0.15) is 5.56 Å². The van der Waals surface area contributed by atoms with Gasteiger partial charge in [-0.15, -0.1) is 12.4 Å². The molecular weight excluding hydrogens is 254 g/mol. The van der Waals surface area contributed by atoms with Crippen molar-refractivity contribution in [3.63, 3.8) is 0 Å². The van der Waals surface area contributed by atoms with E-state index in [9.17, 15) is 9.59 Å². The molecule has 0 spiro atoms. The van der Waals surface area contributed by atoms with Crippen molar-refractivity contribution >= 4 is 18.4 Å². The van der Waals surface area contributed by atoms with E-state index >= 15 is 0 Å². The van der Waals surface area contributed by atoms with Crippen LogP contribution in [0.2, 0.25) is 0 Å². The van der Waals surface area contributed by atoms with Gasteiger partial charge in [-0.05, 0) is 43.7 Å². The van der Waals surface area contributed by atoms with Crippen LogP contribution in [0.1, 0.15) is 49.0 Å². The van der Waals surface area contributed by atoms with Crippen LogP contribution in [0.25, 0.3) is 0 Å². The van der Waals surface area contributed by atoms with Gasteiger partial charge in [-0.25, -0.2) is 4.79 Å². The Morgan fingerprint density at radius 1 is 1.33 bits per heavy atom. The lowest BCUT2D eigenvalue weighted by Gasteiger charge is -2.27. The number of carboxylic acids is 1. The first-order valence-corrected chi connectivity index (χ1v) is 6.04. The summed E-state index contributed by atoms with van der Waals surface area (Å²) in [5, 5.41) is 8.92. The summed E-state index contributed by atoms with van der Waals surface area (Å²) in [6.07, 6.45) is 5.84. The average molecular weight is 272 g/mol. The van der Waals surface area contributed by atoms with Gasteiger partial charge in [0.05, 0.1) is 0 Å². The van der Waals surface area contributed by atoms with E-state index < -0.39 is 5.97 Å². The fourth-order valence-corrected chi connectivity index (χ4v) is 2.48. The predicted octanol–water partition coefficient (Wildman–Crippen LogP) is 2.72. The van der Waals surface area contributed by atoms with Crippen molar-refractivity contribution < 1.29 is 9.90 Å². The normalized spacial score (nSPS) is 23.2. The third kappa shape index (κ3) is 2.93. The molecule has 1 aliphatic carbocycles. The molecule has 1 N–H and O–H groups in total. The van der Waals surface area contributed by atoms with Gasteiger partial charge in [0.15, 0.2) is 0 Å². The van der Waals surface area contributed by atoms with Crippen LogP contribution in [0.4, 0.5) is 0 Å². The molecule has 1 fully saturated rings. The second-order valence-corrected chi connectivity index (χ2v) is 4.85. The molecule has 0 bridgehead atoms. The van der Waals surface area contributed by atoms with E-state index in [0.29, 0.717) is 5.92 Å². The zero-order valence-electron chi connectivity index (χ0n) is 10.3. The van der Waals surface area contributed by atoms with Gasteiger partial charge >= 0.3 is 5.97 Å². The standard InChI is InChI=1S/C13H17NO3.ClH/c1-9-4-6-10(7-5-9)14-8-2-3-11(12(14)15)13(16)17;/h2-3,8-10H,4-7H2,1H3,(H,16,17);1H. The second kappa shape index (κ2) is 6.05. The molecule has 0 saturated heterocycles. The Morgan fingerprint density at radius 3 is 2.50 bits per heavy atom. The Morgan fingerprint density at radius 2 is 1.94 bits per heavy atom. The molecule has 5 heteroatoms. The quantitative estimate of drug-likeness (QED) is 0.900. The van der Waals surface area contributed by atoms with Gasteiger partial charge in [-0.3, -0.25) is 4.79 Å². The smallest absolute Gasteiger partial charge is 0.341 e. The molecule has 0 radical (unpaired) electrons. The molecule has 1 aromatic rings. The largest absolute Gasteiger partial charge is 0.477 e. The fourth-order valence-electron chi connectivity index (χ4n) is 2.48. The van der Waals surface area contributed by atoms with Crippen LogP contribution in [-0.4, -0.2) is 15.6 Å². The summed E-state index contributed by atoms with van der Waals surface area (Å²) in [6.45, 7) is 2.21. The minimum atomic E-state index is -1.14. The average Bonchev–Trinajstić information content (AvgIpc) is 2.30. The van der Waals surface area contributed by atoms with Gasteiger partial charge in [-0.2, -0.15) is 0 Å². The highest BCUT2D eigenvalue weighted by Crippen LogP contribution is 2.30. The van der Waals surface area contributed by atoms with E-state index in [1.807, 2.05) is 0 Å². The van der Waals surface area contributed by atoms with Crippen LogP contribution in [0.3, 0.4) is 0 Å². The Labute approximate surface area is 112 Å². The van der Waals surface area contributed by atoms with E-state index in [-0.39, 0.29) is 29.6 Å². The van der Waals surface area contributed by atoms with Crippen molar-refractivity contribution in [1.82, 2.24) is 4.57 Å². The number of aromatic nitrogens is 1. The molecule has 0 atom stereocenters. The van der Waals surface area contributed by atoms with Gasteiger partial charge in [-0.1, -0.05) is 6.92 Å². The third-order valence-corrected chi connectivity index (χ3v) is 3.58. The summed E-state index contributed by atoms with van der Waals surface area (Å²) >= 11 is 0. The molecule has 1 heterocycles. The Bertz CT molecular complexity index is 475. The molecule has 0 aromatic carbocycles. The van der Waals surface area contributed by atoms with E-state index in [0.717, 1.165) is 25.7 Å². The van der Waals surface area contributed by atoms with Crippen molar-refractivity contribution in [3.05, 3.63) is 34.2 Å². The van der Waals surface area contributed by atoms with Crippen LogP contribution in [-0.2, 0) is 0 Å². The molecule has 2 rings (SSSR count). The predicted molar refractivity (Wildman–Crippen MR) is 71.6 cm³/mol. The van der Waals surface area contributed by atoms with E-state index in [2.05, 4.69) is 6.92 Å². The maximum absolute atomic E-state index is 12.0. The molecule has 18 heavy (non-hydrogen) atoms. The van der Waals surface area contributed by atoms with Crippen LogP contribution >= 0.6 is 12.4 Å². The van der Waals surface area contributed by atoms with E-state index in [1.54, 1.807) is 16.8 Å². The molecule has 0 amide bonds. The van der Waals surface area contributed by atoms with Crippen LogP contribution < -0.4 is 5.56 Å². The second-order valence-electron chi connectivity index (χ2n) is 4.85. The Kier molecular flexibility index (Phi) is 4.96. The molecule has 1 aliphatic rings. The maximum atomic E-state index is 12.0. The number of rotatable bonds is 2. The summed E-state index contributed by atoms with van der Waals surface area (Å²) in [4.78, 5) is 22.9. The maximum Gasteiger partial charge on any atom is 0.341 e. The third-order valence-electron chi connectivity index (χ3n) is 3.58. The first kappa shape index (κ1) is 14.8. The monoisotopic (exact) mass is 271 g/mol. The zero-order valence-corrected chi connectivity index (χ0v) is 11.2. The van der Waals surface area contributed by atoms with Gasteiger partial charge < -0.3 is 9.67 Å². The lowest BCUT2D eigenvalue weighted by molar-refractivity contribution is 0.0693. The number of carboxylic acid groups (broad SMARTS) is 1.